The van der Waals surface area contributed by atoms with Gasteiger partial charge in [-0.15, -0.1) is 0 Å². The van der Waals surface area contributed by atoms with Gasteiger partial charge in [-0.25, -0.2) is 0 Å². The Kier molecular flexibility index (Phi) is 7.34. The van der Waals surface area contributed by atoms with Gasteiger partial charge >= 0.3 is 0 Å². The van der Waals surface area contributed by atoms with Crippen LogP contribution in [0.4, 0.5) is 0 Å². The second kappa shape index (κ2) is 10.4. The van der Waals surface area contributed by atoms with Gasteiger partial charge in [0.05, 0.1) is 31.9 Å². The molecule has 2 aliphatic heterocycles. The summed E-state index contributed by atoms with van der Waals surface area (Å²) < 4.78 is 10.7. The van der Waals surface area contributed by atoms with E-state index in [1.165, 1.54) is 0 Å². The number of aliphatic hydroxyl groups excluding tert-OH is 1. The number of aliphatic hydroxyl groups is 1. The average molecular weight is 465 g/mol. The molecule has 2 saturated heterocycles. The van der Waals surface area contributed by atoms with Crippen molar-refractivity contribution in [3.05, 3.63) is 70.3 Å². The normalized spacial score (nSPS) is 20.7. The van der Waals surface area contributed by atoms with E-state index in [4.69, 9.17) is 9.47 Å². The molecule has 0 bridgehead atoms. The van der Waals surface area contributed by atoms with E-state index < -0.39 is 17.7 Å². The van der Waals surface area contributed by atoms with E-state index >= 15 is 0 Å². The van der Waals surface area contributed by atoms with Crippen molar-refractivity contribution in [2.75, 3.05) is 46.5 Å². The zero-order chi connectivity index (χ0) is 24.2. The van der Waals surface area contributed by atoms with Gasteiger partial charge in [0, 0.05) is 31.7 Å². The highest BCUT2D eigenvalue weighted by atomic mass is 16.5. The van der Waals surface area contributed by atoms with Crippen molar-refractivity contribution in [3.8, 4) is 5.75 Å². The van der Waals surface area contributed by atoms with Crippen molar-refractivity contribution in [1.82, 2.24) is 9.80 Å². The maximum atomic E-state index is 13.2. The van der Waals surface area contributed by atoms with Crippen molar-refractivity contribution in [1.29, 1.82) is 0 Å². The summed E-state index contributed by atoms with van der Waals surface area (Å²) in [6.07, 6.45) is 0.733. The maximum absolute atomic E-state index is 13.2. The summed E-state index contributed by atoms with van der Waals surface area (Å²) in [6, 6.07) is 12.4. The van der Waals surface area contributed by atoms with E-state index in [0.29, 0.717) is 17.9 Å². The highest BCUT2D eigenvalue weighted by molar-refractivity contribution is 6.46. The summed E-state index contributed by atoms with van der Waals surface area (Å²) in [7, 11) is 1.58. The van der Waals surface area contributed by atoms with Gasteiger partial charge in [-0.05, 0) is 49.6 Å². The van der Waals surface area contributed by atoms with Gasteiger partial charge in [-0.1, -0.05) is 29.8 Å². The molecule has 0 aliphatic carbocycles. The van der Waals surface area contributed by atoms with Crippen LogP contribution in [0.25, 0.3) is 5.76 Å². The van der Waals surface area contributed by atoms with E-state index in [0.717, 1.165) is 56.0 Å². The molecule has 2 heterocycles. The van der Waals surface area contributed by atoms with Crippen LogP contribution < -0.4 is 4.74 Å². The number of Topliss-reactive ketones (excluding diaryl/α,β-unsaturated/α-hetero) is 1. The molecule has 2 fully saturated rings. The lowest BCUT2D eigenvalue weighted by Gasteiger charge is -2.29. The van der Waals surface area contributed by atoms with Gasteiger partial charge in [0.1, 0.15) is 11.5 Å². The third-order valence-corrected chi connectivity index (χ3v) is 6.60. The number of likely N-dealkylation sites (tertiary alicyclic amines) is 1. The number of rotatable bonds is 7. The largest absolute Gasteiger partial charge is 0.507 e. The zero-order valence-corrected chi connectivity index (χ0v) is 20.0. The van der Waals surface area contributed by atoms with E-state index in [-0.39, 0.29) is 11.3 Å². The lowest BCUT2D eigenvalue weighted by atomic mass is 9.93. The molecule has 1 N–H and O–H groups in total. The Morgan fingerprint density at radius 1 is 1.06 bits per heavy atom. The molecule has 4 rings (SSSR count). The summed E-state index contributed by atoms with van der Waals surface area (Å²) in [5, 5.41) is 11.3. The number of benzene rings is 2. The van der Waals surface area contributed by atoms with Crippen LogP contribution in [-0.4, -0.2) is 73.1 Å². The molecule has 34 heavy (non-hydrogen) atoms. The van der Waals surface area contributed by atoms with Crippen LogP contribution in [0.5, 0.6) is 5.75 Å². The van der Waals surface area contributed by atoms with Gasteiger partial charge < -0.3 is 19.5 Å². The summed E-state index contributed by atoms with van der Waals surface area (Å²) >= 11 is 0. The first-order chi connectivity index (χ1) is 16.4. The third-order valence-electron chi connectivity index (χ3n) is 6.60. The Labute approximate surface area is 200 Å². The van der Waals surface area contributed by atoms with Crippen LogP contribution in [0.1, 0.15) is 34.7 Å². The van der Waals surface area contributed by atoms with E-state index in [9.17, 15) is 14.7 Å². The molecule has 0 radical (unpaired) electrons. The smallest absolute Gasteiger partial charge is 0.295 e. The zero-order valence-electron chi connectivity index (χ0n) is 20.0. The Morgan fingerprint density at radius 3 is 2.41 bits per heavy atom. The minimum atomic E-state index is -0.648. The molecular weight excluding hydrogens is 432 g/mol. The van der Waals surface area contributed by atoms with Gasteiger partial charge in [-0.2, -0.15) is 0 Å². The minimum Gasteiger partial charge on any atom is -0.507 e. The molecule has 180 valence electrons. The third kappa shape index (κ3) is 4.86. The van der Waals surface area contributed by atoms with E-state index in [2.05, 4.69) is 4.90 Å². The molecule has 0 unspecified atom stereocenters. The molecule has 7 heteroatoms. The molecule has 1 atom stereocenters. The molecule has 2 aromatic rings. The molecule has 1 amide bonds. The summed E-state index contributed by atoms with van der Waals surface area (Å²) in [5.74, 6) is -0.711. The molecule has 2 aromatic carbocycles. The van der Waals surface area contributed by atoms with Crippen molar-refractivity contribution in [3.63, 3.8) is 0 Å². The van der Waals surface area contributed by atoms with Gasteiger partial charge in [0.25, 0.3) is 11.7 Å². The fourth-order valence-electron chi connectivity index (χ4n) is 4.67. The molecular formula is C27H32N2O5. The second-order valence-electron chi connectivity index (χ2n) is 8.89. The number of carbonyl (C=O) groups is 2. The topological polar surface area (TPSA) is 79.3 Å². The first kappa shape index (κ1) is 24.0. The van der Waals surface area contributed by atoms with E-state index in [1.807, 2.05) is 38.1 Å². The number of ether oxygens (including phenoxy) is 2. The Bertz CT molecular complexity index is 1090. The number of nitrogens with zero attached hydrogens (tertiary/aromatic N) is 2. The van der Waals surface area contributed by atoms with Crippen LogP contribution in [-0.2, 0) is 14.3 Å². The average Bonchev–Trinajstić information content (AvgIpc) is 3.09. The Morgan fingerprint density at radius 2 is 1.76 bits per heavy atom. The Hall–Kier alpha value is -3.16. The molecule has 2 aliphatic rings. The van der Waals surface area contributed by atoms with Gasteiger partial charge in [0.15, 0.2) is 0 Å². The van der Waals surface area contributed by atoms with Crippen molar-refractivity contribution >= 4 is 17.4 Å². The highest BCUT2D eigenvalue weighted by Gasteiger charge is 2.45. The molecule has 0 aromatic heterocycles. The number of methoxy groups -OCH3 is 1. The number of hydrogen-bond donors (Lipinski definition) is 1. The SMILES string of the molecule is COc1ccc(C(O)=C2C(=O)C(=O)N(CCCN3CCOCC3)[C@@H]2c2ccc(C)cc2)c(C)c1. The van der Waals surface area contributed by atoms with Crippen molar-refractivity contribution in [2.24, 2.45) is 0 Å². The van der Waals surface area contributed by atoms with Crippen molar-refractivity contribution in [2.45, 2.75) is 26.3 Å². The Balaban J connectivity index is 1.69. The van der Waals surface area contributed by atoms with Crippen LogP contribution >= 0.6 is 0 Å². The standard InChI is InChI=1S/C27H32N2O5/c1-18-5-7-20(8-6-18)24-23(25(30)22-10-9-21(33-3)17-19(22)2)26(31)27(32)29(24)12-4-11-28-13-15-34-16-14-28/h5-10,17,24,30H,4,11-16H2,1-3H3/t24-/m1/s1. The monoisotopic (exact) mass is 464 g/mol. The lowest BCUT2D eigenvalue weighted by molar-refractivity contribution is -0.140. The van der Waals surface area contributed by atoms with Crippen LogP contribution in [0.3, 0.4) is 0 Å². The van der Waals surface area contributed by atoms with Crippen LogP contribution in [0.15, 0.2) is 48.0 Å². The van der Waals surface area contributed by atoms with Crippen LogP contribution in [0.2, 0.25) is 0 Å². The second-order valence-corrected chi connectivity index (χ2v) is 8.89. The van der Waals surface area contributed by atoms with Gasteiger partial charge in [0.2, 0.25) is 0 Å². The number of amides is 1. The van der Waals surface area contributed by atoms with E-state index in [1.54, 1.807) is 30.2 Å². The first-order valence-corrected chi connectivity index (χ1v) is 11.7. The first-order valence-electron chi connectivity index (χ1n) is 11.7. The number of morpholine rings is 1. The quantitative estimate of drug-likeness (QED) is 0.384. The number of aryl methyl sites for hydroxylation is 2. The summed E-state index contributed by atoms with van der Waals surface area (Å²) in [6.45, 7) is 8.27. The minimum absolute atomic E-state index is 0.133. The fraction of sp³-hybridized carbons (Fsp3) is 0.407. The fourth-order valence-corrected chi connectivity index (χ4v) is 4.67. The molecule has 0 spiro atoms. The number of hydrogen-bond acceptors (Lipinski definition) is 6. The molecule has 7 nitrogen and oxygen atoms in total. The molecule has 0 saturated carbocycles. The predicted octanol–water partition coefficient (Wildman–Crippen LogP) is 3.46. The highest BCUT2D eigenvalue weighted by Crippen LogP contribution is 2.40. The number of carbonyl (C=O) groups excluding carboxylic acids is 2. The summed E-state index contributed by atoms with van der Waals surface area (Å²) in [5.41, 5.74) is 3.30. The van der Waals surface area contributed by atoms with Crippen LogP contribution in [0, 0.1) is 13.8 Å². The maximum Gasteiger partial charge on any atom is 0.295 e. The van der Waals surface area contributed by atoms with Crippen molar-refractivity contribution < 1.29 is 24.2 Å². The summed E-state index contributed by atoms with van der Waals surface area (Å²) in [4.78, 5) is 30.3. The lowest BCUT2D eigenvalue weighted by Crippen LogP contribution is -2.38. The number of ketones is 1. The van der Waals surface area contributed by atoms with Gasteiger partial charge in [-0.3, -0.25) is 14.5 Å². The predicted molar refractivity (Wildman–Crippen MR) is 130 cm³/mol.